The van der Waals surface area contributed by atoms with E-state index in [1.807, 2.05) is 12.3 Å². The van der Waals surface area contributed by atoms with Gasteiger partial charge < -0.3 is 10.2 Å². The molecule has 1 aromatic heterocycles. The van der Waals surface area contributed by atoms with E-state index in [2.05, 4.69) is 42.9 Å². The molecule has 0 spiro atoms. The first-order valence-corrected chi connectivity index (χ1v) is 11.1. The topological polar surface area (TPSA) is 62.6 Å². The zero-order valence-corrected chi connectivity index (χ0v) is 16.8. The van der Waals surface area contributed by atoms with Gasteiger partial charge in [0.2, 0.25) is 0 Å². The van der Waals surface area contributed by atoms with Gasteiger partial charge in [-0.25, -0.2) is 9.78 Å². The molecule has 28 heavy (non-hydrogen) atoms. The first kappa shape index (κ1) is 18.1. The van der Waals surface area contributed by atoms with Crippen LogP contribution in [-0.4, -0.2) is 53.0 Å². The monoisotopic (exact) mass is 396 g/mol. The fourth-order valence-electron chi connectivity index (χ4n) is 4.82. The molecule has 0 atom stereocenters. The SMILES string of the molecule is O=C1[N]c2cc(C3CCN(C4CCN(Cc5nccs5)CC4)CC3)ccc2N1. The molecule has 7 heteroatoms. The minimum Gasteiger partial charge on any atom is -0.304 e. The average molecular weight is 397 g/mol. The van der Waals surface area contributed by atoms with Crippen LogP contribution in [0.15, 0.2) is 29.8 Å². The molecule has 5 rings (SSSR count). The van der Waals surface area contributed by atoms with Crippen molar-refractivity contribution in [3.63, 3.8) is 0 Å². The number of nitrogens with zero attached hydrogens (tertiary/aromatic N) is 4. The third-order valence-electron chi connectivity index (χ3n) is 6.40. The van der Waals surface area contributed by atoms with Gasteiger partial charge in [0, 0.05) is 30.7 Å². The van der Waals surface area contributed by atoms with Crippen LogP contribution in [0.3, 0.4) is 0 Å². The highest BCUT2D eigenvalue weighted by Gasteiger charge is 2.29. The Morgan fingerprint density at radius 2 is 1.93 bits per heavy atom. The number of anilines is 1. The maximum absolute atomic E-state index is 11.4. The van der Waals surface area contributed by atoms with Crippen molar-refractivity contribution in [1.82, 2.24) is 20.1 Å². The van der Waals surface area contributed by atoms with Crippen LogP contribution in [-0.2, 0) is 6.54 Å². The summed E-state index contributed by atoms with van der Waals surface area (Å²) in [5.41, 5.74) is 2.98. The lowest BCUT2D eigenvalue weighted by Crippen LogP contribution is -2.47. The van der Waals surface area contributed by atoms with Crippen LogP contribution in [0.1, 0.15) is 42.2 Å². The van der Waals surface area contributed by atoms with Crippen LogP contribution < -0.4 is 10.6 Å². The van der Waals surface area contributed by atoms with Crippen molar-refractivity contribution in [2.75, 3.05) is 31.5 Å². The van der Waals surface area contributed by atoms with Crippen LogP contribution in [0.25, 0.3) is 0 Å². The quantitative estimate of drug-likeness (QED) is 0.855. The molecular weight excluding hydrogens is 370 g/mol. The highest BCUT2D eigenvalue weighted by molar-refractivity contribution is 7.09. The Bertz CT molecular complexity index is 823. The molecule has 2 amide bonds. The predicted octanol–water partition coefficient (Wildman–Crippen LogP) is 3.77. The van der Waals surface area contributed by atoms with E-state index in [0.717, 1.165) is 24.0 Å². The second kappa shape index (κ2) is 7.81. The number of carbonyl (C=O) groups is 1. The summed E-state index contributed by atoms with van der Waals surface area (Å²) in [4.78, 5) is 21.1. The van der Waals surface area contributed by atoms with E-state index in [-0.39, 0.29) is 6.03 Å². The summed E-state index contributed by atoms with van der Waals surface area (Å²) in [6, 6.07) is 6.75. The lowest BCUT2D eigenvalue weighted by atomic mass is 9.87. The summed E-state index contributed by atoms with van der Waals surface area (Å²) in [7, 11) is 0. The molecule has 0 saturated carbocycles. The van der Waals surface area contributed by atoms with E-state index in [1.54, 1.807) is 11.3 Å². The van der Waals surface area contributed by atoms with Gasteiger partial charge in [0.05, 0.1) is 17.9 Å². The Hall–Kier alpha value is -1.96. The van der Waals surface area contributed by atoms with Gasteiger partial charge in [-0.2, -0.15) is 5.32 Å². The lowest BCUT2D eigenvalue weighted by Gasteiger charge is -2.41. The van der Waals surface area contributed by atoms with E-state index >= 15 is 0 Å². The average Bonchev–Trinajstić information content (AvgIpc) is 3.36. The largest absolute Gasteiger partial charge is 0.346 e. The second-order valence-electron chi connectivity index (χ2n) is 8.06. The molecule has 1 radical (unpaired) electrons. The van der Waals surface area contributed by atoms with Crippen LogP contribution in [0, 0.1) is 0 Å². The normalized spacial score (nSPS) is 22.1. The molecule has 3 aliphatic heterocycles. The summed E-state index contributed by atoms with van der Waals surface area (Å²) in [5, 5.41) is 10.1. The van der Waals surface area contributed by atoms with Crippen molar-refractivity contribution in [2.24, 2.45) is 0 Å². The van der Waals surface area contributed by atoms with Gasteiger partial charge in [0.25, 0.3) is 0 Å². The molecule has 2 saturated heterocycles. The number of rotatable bonds is 4. The van der Waals surface area contributed by atoms with Crippen molar-refractivity contribution in [3.8, 4) is 0 Å². The van der Waals surface area contributed by atoms with Gasteiger partial charge in [0.15, 0.2) is 0 Å². The Morgan fingerprint density at radius 3 is 2.68 bits per heavy atom. The Labute approximate surface area is 169 Å². The molecule has 0 aliphatic carbocycles. The standard InChI is InChI=1S/C21H26N5OS/c27-21-23-18-2-1-16(13-19(18)24-21)15-3-10-26(11-4-15)17-5-8-25(9-6-17)14-20-22-7-12-28-20/h1-2,7,12-13,15,17H,3-6,8-11,14H2,(H,23,27). The summed E-state index contributed by atoms with van der Waals surface area (Å²) in [5.74, 6) is 0.581. The molecule has 2 fully saturated rings. The molecule has 3 aliphatic rings. The first-order chi connectivity index (χ1) is 13.7. The van der Waals surface area contributed by atoms with E-state index in [0.29, 0.717) is 5.92 Å². The smallest absolute Gasteiger partial charge is 0.304 e. The van der Waals surface area contributed by atoms with Gasteiger partial charge in [-0.15, -0.1) is 11.3 Å². The molecular formula is C21H26N5OS. The number of aromatic nitrogens is 1. The Kier molecular flexibility index (Phi) is 5.05. The highest BCUT2D eigenvalue weighted by atomic mass is 32.1. The maximum Gasteiger partial charge on any atom is 0.346 e. The van der Waals surface area contributed by atoms with E-state index in [9.17, 15) is 4.79 Å². The molecule has 0 bridgehead atoms. The van der Waals surface area contributed by atoms with Crippen LogP contribution in [0.2, 0.25) is 0 Å². The number of likely N-dealkylation sites (tertiary alicyclic amines) is 2. The molecule has 0 unspecified atom stereocenters. The minimum atomic E-state index is -0.247. The lowest BCUT2D eigenvalue weighted by molar-refractivity contribution is 0.0845. The molecule has 1 N–H and O–H groups in total. The molecule has 147 valence electrons. The summed E-state index contributed by atoms with van der Waals surface area (Å²) < 4.78 is 0. The molecule has 6 nitrogen and oxygen atoms in total. The number of carbonyl (C=O) groups excluding carboxylic acids is 1. The molecule has 2 aromatic rings. The van der Waals surface area contributed by atoms with Crippen molar-refractivity contribution in [3.05, 3.63) is 40.3 Å². The van der Waals surface area contributed by atoms with Gasteiger partial charge in [0.1, 0.15) is 5.01 Å². The van der Waals surface area contributed by atoms with Crippen LogP contribution >= 0.6 is 11.3 Å². The van der Waals surface area contributed by atoms with Crippen molar-refractivity contribution < 1.29 is 4.79 Å². The van der Waals surface area contributed by atoms with Crippen molar-refractivity contribution in [1.29, 1.82) is 0 Å². The Morgan fingerprint density at radius 1 is 1.11 bits per heavy atom. The van der Waals surface area contributed by atoms with Crippen molar-refractivity contribution >= 4 is 28.7 Å². The zero-order chi connectivity index (χ0) is 18.9. The number of urea groups is 1. The highest BCUT2D eigenvalue weighted by Crippen LogP contribution is 2.35. The zero-order valence-electron chi connectivity index (χ0n) is 16.0. The number of hydrogen-bond acceptors (Lipinski definition) is 5. The van der Waals surface area contributed by atoms with Gasteiger partial charge >= 0.3 is 6.03 Å². The van der Waals surface area contributed by atoms with Crippen LogP contribution in [0.4, 0.5) is 16.2 Å². The third-order valence-corrected chi connectivity index (χ3v) is 7.17. The van der Waals surface area contributed by atoms with E-state index in [4.69, 9.17) is 0 Å². The van der Waals surface area contributed by atoms with E-state index < -0.39 is 0 Å². The number of fused-ring (bicyclic) bond motifs is 1. The van der Waals surface area contributed by atoms with Crippen molar-refractivity contribution in [2.45, 2.75) is 44.2 Å². The predicted molar refractivity (Wildman–Crippen MR) is 111 cm³/mol. The van der Waals surface area contributed by atoms with Crippen LogP contribution in [0.5, 0.6) is 0 Å². The number of hydrogen-bond donors (Lipinski definition) is 1. The van der Waals surface area contributed by atoms with Gasteiger partial charge in [-0.05, 0) is 62.4 Å². The fourth-order valence-corrected chi connectivity index (χ4v) is 5.47. The number of amides is 2. The number of nitrogens with one attached hydrogen (secondary N) is 1. The molecule has 1 aromatic carbocycles. The summed E-state index contributed by atoms with van der Waals surface area (Å²) in [6.45, 7) is 5.71. The second-order valence-corrected chi connectivity index (χ2v) is 9.04. The number of thiazole rings is 1. The third kappa shape index (κ3) is 3.79. The summed E-state index contributed by atoms with van der Waals surface area (Å²) >= 11 is 1.76. The first-order valence-electron chi connectivity index (χ1n) is 10.3. The molecule has 4 heterocycles. The number of piperidine rings is 2. The van der Waals surface area contributed by atoms with E-state index in [1.165, 1.54) is 62.4 Å². The fraction of sp³-hybridized carbons (Fsp3) is 0.524. The minimum absolute atomic E-state index is 0.247. The Balaban J connectivity index is 1.12. The summed E-state index contributed by atoms with van der Waals surface area (Å²) in [6.07, 6.45) is 6.82. The maximum atomic E-state index is 11.4. The number of benzene rings is 1. The van der Waals surface area contributed by atoms with Gasteiger partial charge in [-0.3, -0.25) is 4.90 Å². The van der Waals surface area contributed by atoms with Gasteiger partial charge in [-0.1, -0.05) is 6.07 Å².